The molecule has 108 valence electrons. The van der Waals surface area contributed by atoms with Crippen molar-refractivity contribution in [1.29, 1.82) is 0 Å². The number of rotatable bonds is 5. The number of hydrogen-bond donors (Lipinski definition) is 1. The van der Waals surface area contributed by atoms with Gasteiger partial charge >= 0.3 is 0 Å². The van der Waals surface area contributed by atoms with E-state index in [4.69, 9.17) is 0 Å². The first-order valence-electron chi connectivity index (χ1n) is 7.58. The summed E-state index contributed by atoms with van der Waals surface area (Å²) in [7, 11) is 0. The van der Waals surface area contributed by atoms with Crippen molar-refractivity contribution in [3.05, 3.63) is 31.1 Å². The number of imidazole rings is 2. The molecule has 0 amide bonds. The summed E-state index contributed by atoms with van der Waals surface area (Å²) in [5.74, 6) is 1.00. The van der Waals surface area contributed by atoms with E-state index in [2.05, 4.69) is 37.5 Å². The lowest BCUT2D eigenvalue weighted by Gasteiger charge is -2.26. The Hall–Kier alpha value is -1.78. The third-order valence-electron chi connectivity index (χ3n) is 4.06. The van der Waals surface area contributed by atoms with Crippen LogP contribution in [-0.4, -0.2) is 25.1 Å². The molecule has 1 saturated carbocycles. The summed E-state index contributed by atoms with van der Waals surface area (Å²) in [5, 5.41) is 3.53. The van der Waals surface area contributed by atoms with E-state index in [0.717, 1.165) is 12.5 Å². The van der Waals surface area contributed by atoms with E-state index in [1.54, 1.807) is 0 Å². The maximum absolute atomic E-state index is 4.49. The van der Waals surface area contributed by atoms with Crippen molar-refractivity contribution in [3.8, 4) is 0 Å². The summed E-state index contributed by atoms with van der Waals surface area (Å²) in [6, 6.07) is 0.947. The average molecular weight is 273 g/mol. The Morgan fingerprint density at radius 3 is 2.85 bits per heavy atom. The van der Waals surface area contributed by atoms with Crippen LogP contribution in [0.25, 0.3) is 0 Å². The van der Waals surface area contributed by atoms with Gasteiger partial charge in [-0.3, -0.25) is 0 Å². The van der Waals surface area contributed by atoms with Crippen molar-refractivity contribution in [2.75, 3.05) is 5.32 Å². The van der Waals surface area contributed by atoms with Crippen molar-refractivity contribution in [1.82, 2.24) is 19.1 Å². The van der Waals surface area contributed by atoms with E-state index in [0.29, 0.717) is 12.1 Å². The van der Waals surface area contributed by atoms with Crippen LogP contribution in [-0.2, 0) is 6.54 Å². The van der Waals surface area contributed by atoms with Gasteiger partial charge in [-0.15, -0.1) is 0 Å². The van der Waals surface area contributed by atoms with Gasteiger partial charge in [-0.2, -0.15) is 0 Å². The van der Waals surface area contributed by atoms with Gasteiger partial charge in [0.05, 0.1) is 6.33 Å². The molecule has 0 spiro atoms. The molecule has 5 heteroatoms. The molecular formula is C15H23N5. The second-order valence-corrected chi connectivity index (χ2v) is 5.75. The third-order valence-corrected chi connectivity index (χ3v) is 4.06. The first-order chi connectivity index (χ1) is 9.83. The highest BCUT2D eigenvalue weighted by Crippen LogP contribution is 2.30. The minimum Gasteiger partial charge on any atom is -0.351 e. The van der Waals surface area contributed by atoms with Crippen LogP contribution in [0.2, 0.25) is 0 Å². The van der Waals surface area contributed by atoms with Crippen LogP contribution in [0.5, 0.6) is 0 Å². The molecular weight excluding hydrogens is 250 g/mol. The number of nitrogens with zero attached hydrogens (tertiary/aromatic N) is 4. The van der Waals surface area contributed by atoms with E-state index in [1.807, 2.05) is 24.9 Å². The number of hydrogen-bond acceptors (Lipinski definition) is 3. The minimum absolute atomic E-state index is 0.328. The monoisotopic (exact) mass is 273 g/mol. The highest BCUT2D eigenvalue weighted by Gasteiger charge is 2.18. The Balaban J connectivity index is 1.63. The van der Waals surface area contributed by atoms with Gasteiger partial charge in [-0.25, -0.2) is 9.97 Å². The van der Waals surface area contributed by atoms with Crippen LogP contribution in [0.4, 0.5) is 5.95 Å². The van der Waals surface area contributed by atoms with Crippen LogP contribution in [0.1, 0.15) is 45.1 Å². The number of anilines is 1. The molecule has 3 rings (SSSR count). The molecule has 2 aromatic heterocycles. The maximum atomic E-state index is 4.49. The predicted octanol–water partition coefficient (Wildman–Crippen LogP) is 3.09. The number of aromatic nitrogens is 4. The molecule has 0 saturated heterocycles. The van der Waals surface area contributed by atoms with Crippen LogP contribution < -0.4 is 5.32 Å². The van der Waals surface area contributed by atoms with Crippen molar-refractivity contribution in [3.63, 3.8) is 0 Å². The van der Waals surface area contributed by atoms with Crippen molar-refractivity contribution in [2.24, 2.45) is 0 Å². The first-order valence-corrected chi connectivity index (χ1v) is 7.58. The lowest BCUT2D eigenvalue weighted by Crippen LogP contribution is -2.24. The van der Waals surface area contributed by atoms with Gasteiger partial charge in [0, 0.05) is 43.4 Å². The summed E-state index contributed by atoms with van der Waals surface area (Å²) >= 11 is 0. The van der Waals surface area contributed by atoms with Crippen LogP contribution >= 0.6 is 0 Å². The molecule has 0 bridgehead atoms. The first kappa shape index (κ1) is 13.2. The summed E-state index contributed by atoms with van der Waals surface area (Å²) in [5.41, 5.74) is 0. The van der Waals surface area contributed by atoms with E-state index >= 15 is 0 Å². The lowest BCUT2D eigenvalue weighted by molar-refractivity contribution is 0.355. The molecule has 0 aliphatic heterocycles. The molecule has 1 aliphatic carbocycles. The fourth-order valence-corrected chi connectivity index (χ4v) is 3.06. The molecule has 1 unspecified atom stereocenters. The average Bonchev–Trinajstić information content (AvgIpc) is 3.11. The molecule has 2 heterocycles. The Labute approximate surface area is 120 Å². The van der Waals surface area contributed by atoms with Crippen molar-refractivity contribution in [2.45, 2.75) is 57.7 Å². The standard InChI is InChI=1S/C15H23N5/c1-13(11-19-9-7-16-12-19)18-15-17-8-10-20(15)14-5-3-2-4-6-14/h7-10,12-14H,2-6,11H2,1H3,(H,17,18). The fraction of sp³-hybridized carbons (Fsp3) is 0.600. The SMILES string of the molecule is CC(Cn1ccnc1)Nc1nccn1C1CCCCC1. The third kappa shape index (κ3) is 3.03. The Morgan fingerprint density at radius 2 is 2.10 bits per heavy atom. The van der Waals surface area contributed by atoms with Crippen molar-refractivity contribution >= 4 is 5.95 Å². The molecule has 2 aromatic rings. The van der Waals surface area contributed by atoms with E-state index < -0.39 is 0 Å². The largest absolute Gasteiger partial charge is 0.351 e. The van der Waals surface area contributed by atoms with Crippen LogP contribution in [0.3, 0.4) is 0 Å². The number of nitrogens with one attached hydrogen (secondary N) is 1. The fourth-order valence-electron chi connectivity index (χ4n) is 3.06. The highest BCUT2D eigenvalue weighted by atomic mass is 15.2. The molecule has 0 aromatic carbocycles. The minimum atomic E-state index is 0.328. The Kier molecular flexibility index (Phi) is 4.04. The van der Waals surface area contributed by atoms with Gasteiger partial charge < -0.3 is 14.5 Å². The van der Waals surface area contributed by atoms with Gasteiger partial charge in [0.2, 0.25) is 5.95 Å². The predicted molar refractivity (Wildman–Crippen MR) is 79.7 cm³/mol. The van der Waals surface area contributed by atoms with Gasteiger partial charge in [0.15, 0.2) is 0 Å². The second kappa shape index (κ2) is 6.11. The normalized spacial score (nSPS) is 18.1. The van der Waals surface area contributed by atoms with Gasteiger partial charge in [-0.1, -0.05) is 19.3 Å². The zero-order chi connectivity index (χ0) is 13.8. The lowest BCUT2D eigenvalue weighted by atomic mass is 9.95. The molecule has 0 radical (unpaired) electrons. The van der Waals surface area contributed by atoms with E-state index in [1.165, 1.54) is 32.1 Å². The zero-order valence-corrected chi connectivity index (χ0v) is 12.1. The quantitative estimate of drug-likeness (QED) is 0.910. The zero-order valence-electron chi connectivity index (χ0n) is 12.1. The van der Waals surface area contributed by atoms with Gasteiger partial charge in [0.25, 0.3) is 0 Å². The van der Waals surface area contributed by atoms with Gasteiger partial charge in [0.1, 0.15) is 0 Å². The summed E-state index contributed by atoms with van der Waals surface area (Å²) in [6.07, 6.45) is 16.3. The topological polar surface area (TPSA) is 47.7 Å². The van der Waals surface area contributed by atoms with Crippen LogP contribution in [0, 0.1) is 0 Å². The summed E-state index contributed by atoms with van der Waals surface area (Å²) in [6.45, 7) is 3.08. The van der Waals surface area contributed by atoms with E-state index in [-0.39, 0.29) is 0 Å². The van der Waals surface area contributed by atoms with E-state index in [9.17, 15) is 0 Å². The van der Waals surface area contributed by atoms with Crippen LogP contribution in [0.15, 0.2) is 31.1 Å². The molecule has 1 aliphatic rings. The molecule has 1 atom stereocenters. The second-order valence-electron chi connectivity index (χ2n) is 5.75. The smallest absolute Gasteiger partial charge is 0.203 e. The molecule has 1 N–H and O–H groups in total. The highest BCUT2D eigenvalue weighted by molar-refractivity contribution is 5.28. The maximum Gasteiger partial charge on any atom is 0.203 e. The van der Waals surface area contributed by atoms with Crippen molar-refractivity contribution < 1.29 is 0 Å². The van der Waals surface area contributed by atoms with Gasteiger partial charge in [-0.05, 0) is 19.8 Å². The Bertz CT molecular complexity index is 510. The summed E-state index contributed by atoms with van der Waals surface area (Å²) in [4.78, 5) is 8.57. The molecule has 5 nitrogen and oxygen atoms in total. The summed E-state index contributed by atoms with van der Waals surface area (Å²) < 4.78 is 4.41. The Morgan fingerprint density at radius 1 is 1.25 bits per heavy atom. The molecule has 20 heavy (non-hydrogen) atoms. The molecule has 1 fully saturated rings.